The number of hydrogen-bond acceptors (Lipinski definition) is 3. The van der Waals surface area contributed by atoms with Gasteiger partial charge in [-0.3, -0.25) is 0 Å². The van der Waals surface area contributed by atoms with Gasteiger partial charge in [0.25, 0.3) is 0 Å². The molecule has 0 fully saturated rings. The van der Waals surface area contributed by atoms with Crippen LogP contribution in [0.2, 0.25) is 5.02 Å². The summed E-state index contributed by atoms with van der Waals surface area (Å²) in [7, 11) is 0. The van der Waals surface area contributed by atoms with Gasteiger partial charge >= 0.3 is 6.03 Å². The number of aliphatic hydroxyl groups excluding tert-OH is 1. The van der Waals surface area contributed by atoms with Gasteiger partial charge in [0.2, 0.25) is 0 Å². The summed E-state index contributed by atoms with van der Waals surface area (Å²) in [6.45, 7) is 4.30. The Morgan fingerprint density at radius 2 is 2.21 bits per heavy atom. The number of rotatable bonds is 6. The molecule has 5 nitrogen and oxygen atoms in total. The van der Waals surface area contributed by atoms with Crippen LogP contribution in [0.25, 0.3) is 0 Å². The third kappa shape index (κ3) is 5.81. The van der Waals surface area contributed by atoms with Gasteiger partial charge in [0.15, 0.2) is 0 Å². The number of hydrogen-bond donors (Lipinski definition) is 3. The molecule has 0 atom stereocenters. The van der Waals surface area contributed by atoms with Gasteiger partial charge in [-0.15, -0.1) is 0 Å². The summed E-state index contributed by atoms with van der Waals surface area (Å²) < 4.78 is 5.50. The highest BCUT2D eigenvalue weighted by Crippen LogP contribution is 2.28. The van der Waals surface area contributed by atoms with E-state index in [9.17, 15) is 4.79 Å². The second kappa shape index (κ2) is 7.86. The van der Waals surface area contributed by atoms with Crippen LogP contribution in [0.1, 0.15) is 20.3 Å². The minimum absolute atomic E-state index is 0.0399. The van der Waals surface area contributed by atoms with Crippen LogP contribution >= 0.6 is 11.6 Å². The highest BCUT2D eigenvalue weighted by molar-refractivity contribution is 6.32. The summed E-state index contributed by atoms with van der Waals surface area (Å²) in [5.41, 5.74) is 0.586. The van der Waals surface area contributed by atoms with Crippen LogP contribution in [0.5, 0.6) is 5.75 Å². The maximum atomic E-state index is 11.5. The van der Waals surface area contributed by atoms with Gasteiger partial charge in [-0.25, -0.2) is 4.79 Å². The van der Waals surface area contributed by atoms with Gasteiger partial charge in [-0.05, 0) is 38.5 Å². The molecule has 2 amide bonds. The Balaban J connectivity index is 2.55. The van der Waals surface area contributed by atoms with Crippen molar-refractivity contribution in [1.82, 2.24) is 5.32 Å². The van der Waals surface area contributed by atoms with Crippen molar-refractivity contribution in [2.75, 3.05) is 18.5 Å². The summed E-state index contributed by atoms with van der Waals surface area (Å²) >= 11 is 6.05. The van der Waals surface area contributed by atoms with E-state index in [0.29, 0.717) is 29.4 Å². The molecule has 1 aromatic rings. The first-order valence-electron chi connectivity index (χ1n) is 6.15. The lowest BCUT2D eigenvalue weighted by atomic mass is 10.3. The highest BCUT2D eigenvalue weighted by atomic mass is 35.5. The van der Waals surface area contributed by atoms with Gasteiger partial charge < -0.3 is 20.5 Å². The van der Waals surface area contributed by atoms with E-state index in [1.165, 1.54) is 0 Å². The molecule has 0 unspecified atom stereocenters. The number of anilines is 1. The lowest BCUT2D eigenvalue weighted by Gasteiger charge is -2.13. The quantitative estimate of drug-likeness (QED) is 0.704. The molecule has 0 aliphatic carbocycles. The third-order valence-corrected chi connectivity index (χ3v) is 2.47. The molecule has 0 radical (unpaired) electrons. The zero-order valence-electron chi connectivity index (χ0n) is 11.1. The van der Waals surface area contributed by atoms with Crippen LogP contribution in [0.15, 0.2) is 18.2 Å². The molecule has 0 spiro atoms. The van der Waals surface area contributed by atoms with E-state index in [1.54, 1.807) is 18.2 Å². The molecule has 106 valence electrons. The molecule has 0 heterocycles. The average Bonchev–Trinajstić information content (AvgIpc) is 2.32. The summed E-state index contributed by atoms with van der Waals surface area (Å²) in [5.74, 6) is 0.586. The van der Waals surface area contributed by atoms with Gasteiger partial charge in [-0.2, -0.15) is 0 Å². The number of amides is 2. The van der Waals surface area contributed by atoms with Crippen LogP contribution < -0.4 is 15.4 Å². The molecule has 3 N–H and O–H groups in total. The molecule has 0 aliphatic rings. The smallest absolute Gasteiger partial charge is 0.319 e. The van der Waals surface area contributed by atoms with Crippen molar-refractivity contribution in [3.63, 3.8) is 0 Å². The van der Waals surface area contributed by atoms with E-state index >= 15 is 0 Å². The molecular formula is C13H19ClN2O3. The Kier molecular flexibility index (Phi) is 6.45. The van der Waals surface area contributed by atoms with Crippen LogP contribution in [-0.4, -0.2) is 30.4 Å². The van der Waals surface area contributed by atoms with E-state index in [0.717, 1.165) is 0 Å². The minimum atomic E-state index is -0.331. The Morgan fingerprint density at radius 1 is 1.47 bits per heavy atom. The van der Waals surface area contributed by atoms with Crippen molar-refractivity contribution in [1.29, 1.82) is 0 Å². The second-order valence-electron chi connectivity index (χ2n) is 4.27. The first-order valence-corrected chi connectivity index (χ1v) is 6.52. The van der Waals surface area contributed by atoms with Crippen LogP contribution in [-0.2, 0) is 0 Å². The number of urea groups is 1. The van der Waals surface area contributed by atoms with Crippen molar-refractivity contribution >= 4 is 23.3 Å². The highest BCUT2D eigenvalue weighted by Gasteiger charge is 2.07. The Hall–Kier alpha value is -1.46. The monoisotopic (exact) mass is 286 g/mol. The van der Waals surface area contributed by atoms with Crippen molar-refractivity contribution in [2.24, 2.45) is 0 Å². The van der Waals surface area contributed by atoms with Crippen molar-refractivity contribution in [3.8, 4) is 5.75 Å². The number of nitrogens with one attached hydrogen (secondary N) is 2. The van der Waals surface area contributed by atoms with Crippen LogP contribution in [0.3, 0.4) is 0 Å². The first-order chi connectivity index (χ1) is 9.02. The fourth-order valence-corrected chi connectivity index (χ4v) is 1.61. The molecule has 1 rings (SSSR count). The summed E-state index contributed by atoms with van der Waals surface area (Å²) in [6, 6.07) is 4.73. The van der Waals surface area contributed by atoms with Crippen LogP contribution in [0.4, 0.5) is 10.5 Å². The predicted molar refractivity (Wildman–Crippen MR) is 75.9 cm³/mol. The number of aliphatic hydroxyl groups is 1. The molecule has 0 aliphatic heterocycles. The fourth-order valence-electron chi connectivity index (χ4n) is 1.38. The number of ether oxygens (including phenoxy) is 1. The van der Waals surface area contributed by atoms with Gasteiger partial charge in [0, 0.05) is 18.8 Å². The van der Waals surface area contributed by atoms with E-state index in [2.05, 4.69) is 10.6 Å². The maximum absolute atomic E-state index is 11.5. The van der Waals surface area contributed by atoms with Crippen molar-refractivity contribution < 1.29 is 14.6 Å². The number of benzene rings is 1. The molecule has 0 aromatic heterocycles. The largest absolute Gasteiger partial charge is 0.489 e. The standard InChI is InChI=1S/C13H19ClN2O3/c1-9(2)19-12-5-4-10(8-11(12)14)16-13(18)15-6-3-7-17/h4-5,8-9,17H,3,6-7H2,1-2H3,(H2,15,16,18). The number of halogens is 1. The van der Waals surface area contributed by atoms with E-state index < -0.39 is 0 Å². The van der Waals surface area contributed by atoms with Gasteiger partial charge in [0.05, 0.1) is 11.1 Å². The Bertz CT molecular complexity index is 424. The van der Waals surface area contributed by atoms with E-state index in [1.807, 2.05) is 13.8 Å². The Labute approximate surface area is 117 Å². The van der Waals surface area contributed by atoms with Gasteiger partial charge in [0.1, 0.15) is 5.75 Å². The number of carbonyl (C=O) groups excluding carboxylic acids is 1. The average molecular weight is 287 g/mol. The third-order valence-electron chi connectivity index (χ3n) is 2.17. The zero-order chi connectivity index (χ0) is 14.3. The molecule has 1 aromatic carbocycles. The predicted octanol–water partition coefficient (Wildman–Crippen LogP) is 2.63. The normalized spacial score (nSPS) is 10.4. The first kappa shape index (κ1) is 15.6. The molecule has 0 saturated heterocycles. The SMILES string of the molecule is CC(C)Oc1ccc(NC(=O)NCCCO)cc1Cl. The molecular weight excluding hydrogens is 268 g/mol. The van der Waals surface area contributed by atoms with Crippen LogP contribution in [0, 0.1) is 0 Å². The van der Waals surface area contributed by atoms with Crippen molar-refractivity contribution in [2.45, 2.75) is 26.4 Å². The van der Waals surface area contributed by atoms with Crippen molar-refractivity contribution in [3.05, 3.63) is 23.2 Å². The lowest BCUT2D eigenvalue weighted by molar-refractivity contribution is 0.242. The Morgan fingerprint density at radius 3 is 2.79 bits per heavy atom. The van der Waals surface area contributed by atoms with E-state index in [4.69, 9.17) is 21.4 Å². The van der Waals surface area contributed by atoms with Gasteiger partial charge in [-0.1, -0.05) is 11.6 Å². The summed E-state index contributed by atoms with van der Waals surface area (Å²) in [5, 5.41) is 14.3. The molecule has 19 heavy (non-hydrogen) atoms. The maximum Gasteiger partial charge on any atom is 0.319 e. The topological polar surface area (TPSA) is 70.6 Å². The summed E-state index contributed by atoms with van der Waals surface area (Å²) in [6.07, 6.45) is 0.563. The second-order valence-corrected chi connectivity index (χ2v) is 4.68. The number of carbonyl (C=O) groups is 1. The molecule has 0 saturated carbocycles. The molecule has 6 heteroatoms. The molecule has 0 bridgehead atoms. The zero-order valence-corrected chi connectivity index (χ0v) is 11.8. The fraction of sp³-hybridized carbons (Fsp3) is 0.462. The summed E-state index contributed by atoms with van der Waals surface area (Å²) in [4.78, 5) is 11.5. The van der Waals surface area contributed by atoms with E-state index in [-0.39, 0.29) is 18.7 Å². The lowest BCUT2D eigenvalue weighted by Crippen LogP contribution is -2.29. The minimum Gasteiger partial charge on any atom is -0.489 e.